The number of nitrogens with zero attached hydrogens (tertiary/aromatic N) is 5. The molecule has 0 aliphatic heterocycles. The molecule has 9 nitrogen and oxygen atoms in total. The first-order valence-corrected chi connectivity index (χ1v) is 10.3. The smallest absolute Gasteiger partial charge is 0.294 e. The van der Waals surface area contributed by atoms with Crippen molar-refractivity contribution in [3.8, 4) is 22.9 Å². The van der Waals surface area contributed by atoms with Gasteiger partial charge in [0.25, 0.3) is 5.56 Å². The van der Waals surface area contributed by atoms with Gasteiger partial charge < -0.3 is 15.2 Å². The molecular weight excluding hydrogens is 444 g/mol. The van der Waals surface area contributed by atoms with E-state index in [1.165, 1.54) is 22.7 Å². The number of ether oxygens (including phenoxy) is 2. The molecule has 0 aliphatic carbocycles. The van der Waals surface area contributed by atoms with Gasteiger partial charge in [-0.1, -0.05) is 29.3 Å². The molecule has 0 fully saturated rings. The predicted octanol–water partition coefficient (Wildman–Crippen LogP) is 3.96. The van der Waals surface area contributed by atoms with Crippen LogP contribution < -0.4 is 20.8 Å². The molecule has 4 rings (SSSR count). The lowest BCUT2D eigenvalue weighted by molar-refractivity contribution is 0.377. The number of methoxy groups -OCH3 is 1. The minimum absolute atomic E-state index is 0.0933. The van der Waals surface area contributed by atoms with Crippen molar-refractivity contribution in [2.75, 3.05) is 12.8 Å². The molecule has 4 aromatic rings. The number of halogens is 1. The van der Waals surface area contributed by atoms with Gasteiger partial charge in [-0.3, -0.25) is 4.79 Å². The number of nitrogens with two attached hydrogens (primary N) is 1. The Hall–Kier alpha value is -4.11. The summed E-state index contributed by atoms with van der Waals surface area (Å²) in [6, 6.07) is 12.6. The van der Waals surface area contributed by atoms with Gasteiger partial charge in [-0.05, 0) is 49.7 Å². The molecule has 2 heterocycles. The largest absolute Gasteiger partial charge is 0.493 e. The molecule has 0 bridgehead atoms. The van der Waals surface area contributed by atoms with E-state index < -0.39 is 5.56 Å². The summed E-state index contributed by atoms with van der Waals surface area (Å²) in [5.74, 6) is 1.20. The molecular formula is C23H21ClN6O3. The van der Waals surface area contributed by atoms with E-state index >= 15 is 0 Å². The molecule has 10 heteroatoms. The van der Waals surface area contributed by atoms with Gasteiger partial charge in [0.1, 0.15) is 0 Å². The summed E-state index contributed by atoms with van der Waals surface area (Å²) in [6.07, 6.45) is 4.72. The molecule has 0 saturated heterocycles. The number of benzene rings is 2. The second kappa shape index (κ2) is 9.17. The summed E-state index contributed by atoms with van der Waals surface area (Å²) < 4.78 is 14.0. The lowest BCUT2D eigenvalue weighted by Gasteiger charge is -2.13. The van der Waals surface area contributed by atoms with E-state index in [-0.39, 0.29) is 16.7 Å². The minimum atomic E-state index is -0.492. The second-order valence-electron chi connectivity index (χ2n) is 7.22. The fraction of sp³-hybridized carbons (Fsp3) is 0.130. The van der Waals surface area contributed by atoms with Crippen molar-refractivity contribution in [3.05, 3.63) is 87.1 Å². The topological polar surface area (TPSA) is 110 Å². The standard InChI is InChI=1S/C23H21ClN6O3/c1-14-4-7-17(8-5-14)30-22(31)21(24)20(12-27-30)33-18-9-6-16(10-19(18)32-3)11-26-29-13-15(2)28-23(29)25/h4-13H,1-3H3,(H2,25,28). The van der Waals surface area contributed by atoms with Crippen molar-refractivity contribution >= 4 is 23.8 Å². The van der Waals surface area contributed by atoms with Gasteiger partial charge in [-0.25, -0.2) is 9.66 Å². The van der Waals surface area contributed by atoms with Crippen LogP contribution in [0, 0.1) is 13.8 Å². The number of rotatable bonds is 6. The van der Waals surface area contributed by atoms with E-state index in [1.807, 2.05) is 26.0 Å². The van der Waals surface area contributed by atoms with Gasteiger partial charge in [-0.15, -0.1) is 0 Å². The van der Waals surface area contributed by atoms with Gasteiger partial charge in [0, 0.05) is 0 Å². The number of aryl methyl sites for hydroxylation is 2. The third kappa shape index (κ3) is 4.73. The number of aromatic nitrogens is 4. The molecule has 168 valence electrons. The van der Waals surface area contributed by atoms with E-state index in [0.29, 0.717) is 17.2 Å². The number of hydrogen-bond donors (Lipinski definition) is 1. The minimum Gasteiger partial charge on any atom is -0.493 e. The van der Waals surface area contributed by atoms with Crippen LogP contribution in [0.3, 0.4) is 0 Å². The van der Waals surface area contributed by atoms with E-state index in [2.05, 4.69) is 15.2 Å². The number of anilines is 1. The Kier molecular flexibility index (Phi) is 6.14. The first-order chi connectivity index (χ1) is 15.9. The fourth-order valence-electron chi connectivity index (χ4n) is 3.05. The molecule has 0 atom stereocenters. The van der Waals surface area contributed by atoms with Crippen molar-refractivity contribution < 1.29 is 9.47 Å². The maximum absolute atomic E-state index is 12.7. The lowest BCUT2D eigenvalue weighted by atomic mass is 10.2. The van der Waals surface area contributed by atoms with E-state index in [0.717, 1.165) is 16.8 Å². The van der Waals surface area contributed by atoms with Crippen LogP contribution in [0.5, 0.6) is 17.2 Å². The first kappa shape index (κ1) is 22.1. The molecule has 2 aromatic heterocycles. The maximum atomic E-state index is 12.7. The van der Waals surface area contributed by atoms with Crippen LogP contribution in [-0.2, 0) is 0 Å². The Morgan fingerprint density at radius 2 is 1.85 bits per heavy atom. The van der Waals surface area contributed by atoms with Crippen LogP contribution in [0.4, 0.5) is 5.95 Å². The fourth-order valence-corrected chi connectivity index (χ4v) is 3.22. The zero-order chi connectivity index (χ0) is 23.5. The lowest BCUT2D eigenvalue weighted by Crippen LogP contribution is -2.21. The van der Waals surface area contributed by atoms with Crippen LogP contribution in [-0.4, -0.2) is 32.8 Å². The maximum Gasteiger partial charge on any atom is 0.294 e. The SMILES string of the molecule is COc1cc(C=Nn2cc(C)nc2N)ccc1Oc1cnn(-c2ccc(C)cc2)c(=O)c1Cl. The highest BCUT2D eigenvalue weighted by atomic mass is 35.5. The van der Waals surface area contributed by atoms with E-state index in [1.54, 1.807) is 42.7 Å². The molecule has 0 spiro atoms. The Morgan fingerprint density at radius 3 is 2.52 bits per heavy atom. The summed E-state index contributed by atoms with van der Waals surface area (Å²) in [6.45, 7) is 3.79. The first-order valence-electron chi connectivity index (χ1n) is 9.92. The molecule has 0 amide bonds. The summed E-state index contributed by atoms with van der Waals surface area (Å²) in [5, 5.41) is 8.39. The highest BCUT2D eigenvalue weighted by molar-refractivity contribution is 6.31. The summed E-state index contributed by atoms with van der Waals surface area (Å²) in [5.41, 5.74) is 8.49. The Balaban J connectivity index is 1.60. The Bertz CT molecular complexity index is 1390. The monoisotopic (exact) mass is 464 g/mol. The number of imidazole rings is 1. The van der Waals surface area contributed by atoms with Gasteiger partial charge >= 0.3 is 0 Å². The quantitative estimate of drug-likeness (QED) is 0.432. The van der Waals surface area contributed by atoms with Gasteiger partial charge in [0.2, 0.25) is 5.95 Å². The van der Waals surface area contributed by atoms with E-state index in [9.17, 15) is 4.79 Å². The predicted molar refractivity (Wildman–Crippen MR) is 127 cm³/mol. The molecule has 0 unspecified atom stereocenters. The van der Waals surface area contributed by atoms with Crippen LogP contribution in [0.1, 0.15) is 16.8 Å². The summed E-state index contributed by atoms with van der Waals surface area (Å²) in [7, 11) is 1.51. The molecule has 2 N–H and O–H groups in total. The molecule has 0 saturated carbocycles. The van der Waals surface area contributed by atoms with Crippen molar-refractivity contribution in [2.24, 2.45) is 5.10 Å². The molecule has 0 aliphatic rings. The number of nitrogen functional groups attached to an aromatic ring is 1. The zero-order valence-electron chi connectivity index (χ0n) is 18.2. The summed E-state index contributed by atoms with van der Waals surface area (Å²) in [4.78, 5) is 16.8. The van der Waals surface area contributed by atoms with Crippen LogP contribution in [0.15, 0.2) is 64.8 Å². The average Bonchev–Trinajstić information content (AvgIpc) is 3.13. The average molecular weight is 465 g/mol. The second-order valence-corrected chi connectivity index (χ2v) is 7.60. The van der Waals surface area contributed by atoms with Crippen molar-refractivity contribution in [1.82, 2.24) is 19.4 Å². The van der Waals surface area contributed by atoms with Crippen molar-refractivity contribution in [3.63, 3.8) is 0 Å². The van der Waals surface area contributed by atoms with Crippen LogP contribution in [0.2, 0.25) is 5.02 Å². The van der Waals surface area contributed by atoms with Gasteiger partial charge in [0.05, 0.1) is 37.1 Å². The van der Waals surface area contributed by atoms with Gasteiger partial charge in [-0.2, -0.15) is 14.9 Å². The highest BCUT2D eigenvalue weighted by Crippen LogP contribution is 2.34. The van der Waals surface area contributed by atoms with Crippen molar-refractivity contribution in [2.45, 2.75) is 13.8 Å². The third-order valence-electron chi connectivity index (χ3n) is 4.74. The third-order valence-corrected chi connectivity index (χ3v) is 5.09. The summed E-state index contributed by atoms with van der Waals surface area (Å²) >= 11 is 6.31. The molecule has 2 aromatic carbocycles. The normalized spacial score (nSPS) is 11.2. The van der Waals surface area contributed by atoms with Crippen molar-refractivity contribution in [1.29, 1.82) is 0 Å². The van der Waals surface area contributed by atoms with Gasteiger partial charge in [0.15, 0.2) is 22.3 Å². The Labute approximate surface area is 194 Å². The zero-order valence-corrected chi connectivity index (χ0v) is 18.9. The van der Waals surface area contributed by atoms with E-state index in [4.69, 9.17) is 26.8 Å². The molecule has 0 radical (unpaired) electrons. The molecule has 33 heavy (non-hydrogen) atoms. The Morgan fingerprint density at radius 1 is 1.09 bits per heavy atom. The number of hydrogen-bond acceptors (Lipinski definition) is 7. The van der Waals surface area contributed by atoms with Crippen LogP contribution in [0.25, 0.3) is 5.69 Å². The highest BCUT2D eigenvalue weighted by Gasteiger charge is 2.15. The van der Waals surface area contributed by atoms with Crippen LogP contribution >= 0.6 is 11.6 Å².